The van der Waals surface area contributed by atoms with Crippen molar-refractivity contribution in [2.75, 3.05) is 73.3 Å². The molecule has 0 bridgehead atoms. The van der Waals surface area contributed by atoms with E-state index in [4.69, 9.17) is 107 Å². The molecular weight excluding hydrogens is 1080 g/mol. The van der Waals surface area contributed by atoms with E-state index in [1.807, 2.05) is 13.8 Å². The normalized spacial score (nSPS) is 32.1. The predicted octanol–water partition coefficient (Wildman–Crippen LogP) is -0.212. The first-order valence-corrected chi connectivity index (χ1v) is 29.9. The first kappa shape index (κ1) is 58.9. The van der Waals surface area contributed by atoms with Crippen molar-refractivity contribution in [3.63, 3.8) is 0 Å². The molecule has 28 nitrogen and oxygen atoms in total. The van der Waals surface area contributed by atoms with E-state index >= 15 is 0 Å². The lowest BCUT2D eigenvalue weighted by molar-refractivity contribution is -0.0896. The summed E-state index contributed by atoms with van der Waals surface area (Å²) in [4.78, 5) is 93.0. The molecule has 0 radical (unpaired) electrons. The summed E-state index contributed by atoms with van der Waals surface area (Å²) in [6.07, 6.45) is -7.57. The van der Waals surface area contributed by atoms with Gasteiger partial charge in [0.15, 0.2) is 12.5 Å². The SMILES string of the molecule is COCCOC1[C@@H](OP(O)(=S)OC[C@H]2O[C@@H](n3cc(C)c(N)nc3=O)C(OCCOC)[C@H]2OP(O)(=S)OC[C@H]2O[C@@H](n3cc(C)c(=O)[nH]c3=O)C(C)[C@H]2C)[C@@H](COP(O)(=S)OC)O[C@H]1N1C=CC(N)NC1=O. The Morgan fingerprint density at radius 2 is 1.22 bits per heavy atom. The number of aromatic amines is 1. The number of aryl methyl sites for hydroxylation is 2. The second-order valence-electron chi connectivity index (χ2n) is 16.9. The zero-order chi connectivity index (χ0) is 52.9. The highest BCUT2D eigenvalue weighted by Gasteiger charge is 2.54. The summed E-state index contributed by atoms with van der Waals surface area (Å²) in [7, 11) is 4.01. The number of nitrogen functional groups attached to an aromatic ring is 1. The number of carbonyl (C=O) groups excluding carboxylic acids is 1. The van der Waals surface area contributed by atoms with Crippen LogP contribution in [-0.2, 0) is 95.7 Å². The van der Waals surface area contributed by atoms with Crippen molar-refractivity contribution in [2.24, 2.45) is 17.6 Å². The molecule has 0 aromatic carbocycles. The van der Waals surface area contributed by atoms with Crippen LogP contribution in [0, 0.1) is 25.7 Å². The molecule has 2 amide bonds. The summed E-state index contributed by atoms with van der Waals surface area (Å²) < 4.78 is 78.6. The van der Waals surface area contributed by atoms with Crippen LogP contribution in [0.15, 0.2) is 39.1 Å². The molecule has 6 heterocycles. The van der Waals surface area contributed by atoms with Gasteiger partial charge in [0.1, 0.15) is 48.7 Å². The first-order chi connectivity index (χ1) is 33.9. The van der Waals surface area contributed by atoms with E-state index in [0.29, 0.717) is 11.1 Å². The summed E-state index contributed by atoms with van der Waals surface area (Å²) in [6, 6.07) is -0.679. The second kappa shape index (κ2) is 25.2. The molecular formula is C38H61N8O20P3S3. The molecule has 6 rings (SSSR count). The monoisotopic (exact) mass is 1140 g/mol. The van der Waals surface area contributed by atoms with Gasteiger partial charge in [-0.1, -0.05) is 13.8 Å². The Labute approximate surface area is 428 Å². The van der Waals surface area contributed by atoms with Gasteiger partial charge in [0.05, 0.1) is 58.5 Å². The minimum atomic E-state index is -4.54. The van der Waals surface area contributed by atoms with Crippen molar-refractivity contribution >= 4 is 67.4 Å². The molecule has 2 aromatic heterocycles. The minimum absolute atomic E-state index is 0.0497. The van der Waals surface area contributed by atoms with Crippen molar-refractivity contribution in [1.82, 2.24) is 29.3 Å². The van der Waals surface area contributed by atoms with Gasteiger partial charge >= 0.3 is 37.6 Å². The number of amides is 2. The van der Waals surface area contributed by atoms with Crippen LogP contribution in [0.4, 0.5) is 10.6 Å². The summed E-state index contributed by atoms with van der Waals surface area (Å²) in [5, 5.41) is 2.54. The molecule has 3 saturated heterocycles. The maximum Gasteiger partial charge on any atom is 0.351 e. The lowest BCUT2D eigenvalue weighted by Crippen LogP contribution is -2.55. The number of ether oxygens (including phenoxy) is 7. The lowest BCUT2D eigenvalue weighted by atomic mass is 9.93. The molecule has 0 saturated carbocycles. The molecule has 4 aliphatic rings. The fourth-order valence-electron chi connectivity index (χ4n) is 7.99. The second-order valence-corrected chi connectivity index (χ2v) is 25.4. The first-order valence-electron chi connectivity index (χ1n) is 22.1. The number of anilines is 1. The highest BCUT2D eigenvalue weighted by atomic mass is 32.5. The van der Waals surface area contributed by atoms with Gasteiger partial charge in [0.2, 0.25) is 0 Å². The van der Waals surface area contributed by atoms with Crippen LogP contribution in [0.3, 0.4) is 0 Å². The maximum atomic E-state index is 13.4. The number of hydrogen-bond acceptors (Lipinski definition) is 23. The Balaban J connectivity index is 1.28. The molecule has 0 aliphatic carbocycles. The smallest absolute Gasteiger partial charge is 0.351 e. The van der Waals surface area contributed by atoms with Crippen LogP contribution in [0.1, 0.15) is 37.4 Å². The average Bonchev–Trinajstić information content (AvgIpc) is 3.92. The number of nitrogens with two attached hydrogens (primary N) is 2. The maximum absolute atomic E-state index is 13.4. The van der Waals surface area contributed by atoms with E-state index in [1.165, 1.54) is 43.5 Å². The Hall–Kier alpha value is -2.36. The number of hydrogen-bond donors (Lipinski definition) is 7. The molecule has 2 aromatic rings. The van der Waals surface area contributed by atoms with Gasteiger partial charge in [-0.05, 0) is 61.3 Å². The number of aromatic nitrogens is 4. The fourth-order valence-corrected chi connectivity index (χ4v) is 11.5. The van der Waals surface area contributed by atoms with Crippen LogP contribution in [0.25, 0.3) is 0 Å². The van der Waals surface area contributed by atoms with Gasteiger partial charge in [-0.2, -0.15) is 4.98 Å². The largest absolute Gasteiger partial charge is 0.383 e. The van der Waals surface area contributed by atoms with Crippen LogP contribution in [0.2, 0.25) is 0 Å². The summed E-state index contributed by atoms with van der Waals surface area (Å²) in [6.45, 7) is -7.47. The third-order valence-corrected chi connectivity index (χ3v) is 16.8. The zero-order valence-corrected chi connectivity index (χ0v) is 45.2. The van der Waals surface area contributed by atoms with Gasteiger partial charge in [-0.25, -0.2) is 14.4 Å². The van der Waals surface area contributed by atoms with Crippen LogP contribution < -0.4 is 33.7 Å². The number of methoxy groups -OCH3 is 2. The van der Waals surface area contributed by atoms with Crippen LogP contribution in [-0.4, -0.2) is 167 Å². The van der Waals surface area contributed by atoms with Gasteiger partial charge in [-0.3, -0.25) is 32.9 Å². The van der Waals surface area contributed by atoms with Gasteiger partial charge in [0, 0.05) is 57.0 Å². The average molecular weight is 1140 g/mol. The number of rotatable bonds is 25. The van der Waals surface area contributed by atoms with Gasteiger partial charge in [-0.15, -0.1) is 0 Å². The quantitative estimate of drug-likeness (QED) is 0.0499. The third-order valence-electron chi connectivity index (χ3n) is 12.0. The number of nitrogens with one attached hydrogen (secondary N) is 2. The molecule has 3 fully saturated rings. The van der Waals surface area contributed by atoms with E-state index in [2.05, 4.69) is 15.3 Å². The van der Waals surface area contributed by atoms with Crippen molar-refractivity contribution in [3.05, 3.63) is 67.1 Å². The highest BCUT2D eigenvalue weighted by molar-refractivity contribution is 8.07. The minimum Gasteiger partial charge on any atom is -0.383 e. The summed E-state index contributed by atoms with van der Waals surface area (Å²) in [5.41, 5.74) is 10.5. The van der Waals surface area contributed by atoms with Crippen molar-refractivity contribution in [1.29, 1.82) is 0 Å². The molecule has 9 N–H and O–H groups in total. The Morgan fingerprint density at radius 1 is 0.708 bits per heavy atom. The standard InChI is InChI=1S/C38H61N8O20P3S3/c1-19-14-46(37(49)42-31(19)40)35-30(58-13-11-55-6)28(66-68(52,71)60-16-23-21(3)22(4)33(62-23)45-15-20(2)32(47)43-38(45)50)25(64-35)18-61-69(53,72)65-27-24(17-59-67(51,70)56-7)63-34(29(27)57-12-10-54-5)44-9-8-26(39)41-36(44)48/h8-9,14-15,21-30,33-35H,10-13,16-18,39H2,1-7H3,(H,41,48)(H,51,70)(H,52,71)(H,53,72)(H2,40,42,49)(H,43,47,50)/t21-,22?,23-,24-,25-,26?,27+,28+,29?,30?,33-,34-,35-,67?,68?,69?/m1/s1. The van der Waals surface area contributed by atoms with E-state index < -0.39 is 124 Å². The van der Waals surface area contributed by atoms with Gasteiger partial charge in [0.25, 0.3) is 5.56 Å². The van der Waals surface area contributed by atoms with Crippen molar-refractivity contribution in [3.8, 4) is 0 Å². The molecule has 34 heteroatoms. The fraction of sp³-hybridized carbons (Fsp3) is 0.711. The Morgan fingerprint density at radius 3 is 1.78 bits per heavy atom. The molecule has 7 unspecified atom stereocenters. The van der Waals surface area contributed by atoms with E-state index in [9.17, 15) is 33.9 Å². The zero-order valence-electron chi connectivity index (χ0n) is 40.1. The number of carbonyl (C=O) groups is 1. The van der Waals surface area contributed by atoms with Crippen LogP contribution in [0.5, 0.6) is 0 Å². The molecule has 406 valence electrons. The number of H-pyrrole nitrogens is 1. The predicted molar refractivity (Wildman–Crippen MR) is 263 cm³/mol. The topological polar surface area (TPSA) is 355 Å². The van der Waals surface area contributed by atoms with E-state index in [-0.39, 0.29) is 50.7 Å². The molecule has 72 heavy (non-hydrogen) atoms. The highest BCUT2D eigenvalue weighted by Crippen LogP contribution is 2.53. The molecule has 4 aliphatic heterocycles. The Kier molecular flexibility index (Phi) is 20.6. The lowest BCUT2D eigenvalue weighted by Gasteiger charge is -2.33. The van der Waals surface area contributed by atoms with Crippen molar-refractivity contribution in [2.45, 2.75) is 95.3 Å². The number of urea groups is 1. The molecule has 0 spiro atoms. The van der Waals surface area contributed by atoms with E-state index in [0.717, 1.165) is 16.6 Å². The third kappa shape index (κ3) is 14.6. The summed E-state index contributed by atoms with van der Waals surface area (Å²) >= 11 is 16.2. The van der Waals surface area contributed by atoms with Crippen LogP contribution >= 0.6 is 20.2 Å². The number of nitrogens with zero attached hydrogens (tertiary/aromatic N) is 4. The van der Waals surface area contributed by atoms with Crippen molar-refractivity contribution < 1.29 is 79.8 Å². The van der Waals surface area contributed by atoms with Gasteiger partial charge < -0.3 is 82.7 Å². The summed E-state index contributed by atoms with van der Waals surface area (Å²) in [5.74, 6) is -0.608. The molecule has 16 atom stereocenters. The Bertz CT molecular complexity index is 2580. The van der Waals surface area contributed by atoms with E-state index in [1.54, 1.807) is 13.8 Å².